The fourth-order valence-electron chi connectivity index (χ4n) is 2.51. The van der Waals surface area contributed by atoms with Crippen LogP contribution in [0.5, 0.6) is 5.75 Å². The van der Waals surface area contributed by atoms with Gasteiger partial charge in [0, 0.05) is 12.7 Å². The molecule has 2 rings (SSSR count). The molecule has 2 aromatic carbocycles. The standard InChI is InChI=1S/C22H28N2O6S/c1-5-6-15-29-22(26)17-7-9-18(10-8-17)23-21(25)16(2)30-20-13-11-19(12-14-20)24(3)31(4,27)28/h7-14,16H,5-6,15H2,1-4H3,(H,23,25). The third kappa shape index (κ3) is 7.29. The zero-order chi connectivity index (χ0) is 23.0. The largest absolute Gasteiger partial charge is 0.481 e. The maximum absolute atomic E-state index is 12.4. The molecule has 31 heavy (non-hydrogen) atoms. The normalized spacial score (nSPS) is 12.0. The summed E-state index contributed by atoms with van der Waals surface area (Å²) >= 11 is 0. The molecule has 0 heterocycles. The zero-order valence-corrected chi connectivity index (χ0v) is 18.9. The van der Waals surface area contributed by atoms with E-state index in [2.05, 4.69) is 5.32 Å². The van der Waals surface area contributed by atoms with Crippen molar-refractivity contribution in [2.75, 3.05) is 29.5 Å². The highest BCUT2D eigenvalue weighted by Gasteiger charge is 2.16. The van der Waals surface area contributed by atoms with Gasteiger partial charge in [-0.3, -0.25) is 9.10 Å². The van der Waals surface area contributed by atoms with E-state index < -0.39 is 22.1 Å². The fraction of sp³-hybridized carbons (Fsp3) is 0.364. The molecule has 0 aliphatic carbocycles. The van der Waals surface area contributed by atoms with Crippen LogP contribution in [-0.2, 0) is 19.6 Å². The van der Waals surface area contributed by atoms with Crippen LogP contribution in [0.4, 0.5) is 11.4 Å². The number of rotatable bonds is 10. The molecule has 168 valence electrons. The lowest BCUT2D eigenvalue weighted by Gasteiger charge is -2.18. The summed E-state index contributed by atoms with van der Waals surface area (Å²) in [5, 5.41) is 2.73. The van der Waals surface area contributed by atoms with Crippen LogP contribution in [0.25, 0.3) is 0 Å². The second kappa shape index (κ2) is 10.8. The van der Waals surface area contributed by atoms with Gasteiger partial charge in [-0.2, -0.15) is 0 Å². The highest BCUT2D eigenvalue weighted by atomic mass is 32.2. The van der Waals surface area contributed by atoms with Gasteiger partial charge in [-0.15, -0.1) is 0 Å². The highest BCUT2D eigenvalue weighted by molar-refractivity contribution is 7.92. The number of amides is 1. The Kier molecular flexibility index (Phi) is 8.44. The molecule has 1 unspecified atom stereocenters. The zero-order valence-electron chi connectivity index (χ0n) is 18.1. The Balaban J connectivity index is 1.91. The van der Waals surface area contributed by atoms with E-state index in [4.69, 9.17) is 9.47 Å². The van der Waals surface area contributed by atoms with Crippen LogP contribution in [0.3, 0.4) is 0 Å². The molecule has 0 aliphatic heterocycles. The average Bonchev–Trinajstić information content (AvgIpc) is 2.73. The van der Waals surface area contributed by atoms with E-state index in [1.807, 2.05) is 6.92 Å². The monoisotopic (exact) mass is 448 g/mol. The molecule has 0 fully saturated rings. The summed E-state index contributed by atoms with van der Waals surface area (Å²) in [6.07, 6.45) is 2.08. The number of hydrogen-bond donors (Lipinski definition) is 1. The maximum atomic E-state index is 12.4. The molecule has 0 saturated heterocycles. The third-order valence-electron chi connectivity index (χ3n) is 4.50. The second-order valence-corrected chi connectivity index (χ2v) is 9.05. The number of carbonyl (C=O) groups excluding carboxylic acids is 2. The number of carbonyl (C=O) groups is 2. The van der Waals surface area contributed by atoms with Crippen molar-refractivity contribution in [1.82, 2.24) is 0 Å². The molecule has 0 aromatic heterocycles. The summed E-state index contributed by atoms with van der Waals surface area (Å²) < 4.78 is 35.1. The number of benzene rings is 2. The van der Waals surface area contributed by atoms with Crippen molar-refractivity contribution in [3.05, 3.63) is 54.1 Å². The molecule has 1 amide bonds. The summed E-state index contributed by atoms with van der Waals surface area (Å²) in [6, 6.07) is 12.8. The number of sulfonamides is 1. The van der Waals surface area contributed by atoms with Gasteiger partial charge < -0.3 is 14.8 Å². The van der Waals surface area contributed by atoms with Crippen molar-refractivity contribution in [3.8, 4) is 5.75 Å². The van der Waals surface area contributed by atoms with Crippen molar-refractivity contribution >= 4 is 33.3 Å². The highest BCUT2D eigenvalue weighted by Crippen LogP contribution is 2.21. The number of nitrogens with one attached hydrogen (secondary N) is 1. The summed E-state index contributed by atoms with van der Waals surface area (Å²) in [7, 11) is -1.90. The van der Waals surface area contributed by atoms with Crippen LogP contribution in [0.15, 0.2) is 48.5 Å². The Hall–Kier alpha value is -3.07. The summed E-state index contributed by atoms with van der Waals surface area (Å²) in [5.41, 5.74) is 1.42. The topological polar surface area (TPSA) is 102 Å². The minimum atomic E-state index is -3.36. The summed E-state index contributed by atoms with van der Waals surface area (Å²) in [4.78, 5) is 24.3. The Morgan fingerprint density at radius 1 is 1.06 bits per heavy atom. The van der Waals surface area contributed by atoms with Gasteiger partial charge in [0.15, 0.2) is 6.10 Å². The van der Waals surface area contributed by atoms with Gasteiger partial charge in [-0.25, -0.2) is 13.2 Å². The molecule has 1 atom stereocenters. The minimum absolute atomic E-state index is 0.365. The minimum Gasteiger partial charge on any atom is -0.481 e. The molecule has 1 N–H and O–H groups in total. The average molecular weight is 449 g/mol. The molecule has 9 heteroatoms. The molecule has 2 aromatic rings. The van der Waals surface area contributed by atoms with Gasteiger partial charge in [0.25, 0.3) is 5.91 Å². The third-order valence-corrected chi connectivity index (χ3v) is 5.70. The van der Waals surface area contributed by atoms with E-state index in [1.54, 1.807) is 55.5 Å². The van der Waals surface area contributed by atoms with E-state index in [-0.39, 0.29) is 5.91 Å². The number of esters is 1. The predicted octanol–water partition coefficient (Wildman–Crippen LogP) is 3.45. The van der Waals surface area contributed by atoms with Gasteiger partial charge in [0.2, 0.25) is 10.0 Å². The second-order valence-electron chi connectivity index (χ2n) is 7.04. The van der Waals surface area contributed by atoms with E-state index >= 15 is 0 Å². The van der Waals surface area contributed by atoms with Crippen LogP contribution in [-0.4, -0.2) is 46.3 Å². The van der Waals surface area contributed by atoms with Gasteiger partial charge in [-0.1, -0.05) is 13.3 Å². The summed E-state index contributed by atoms with van der Waals surface area (Å²) in [5.74, 6) is -0.331. The fourth-order valence-corrected chi connectivity index (χ4v) is 3.01. The molecular formula is C22H28N2O6S. The van der Waals surface area contributed by atoms with E-state index in [1.165, 1.54) is 7.05 Å². The molecule has 8 nitrogen and oxygen atoms in total. The van der Waals surface area contributed by atoms with Crippen molar-refractivity contribution < 1.29 is 27.5 Å². The van der Waals surface area contributed by atoms with Gasteiger partial charge in [0.05, 0.1) is 24.1 Å². The Morgan fingerprint density at radius 3 is 2.23 bits per heavy atom. The van der Waals surface area contributed by atoms with E-state index in [9.17, 15) is 18.0 Å². The van der Waals surface area contributed by atoms with Gasteiger partial charge in [0.1, 0.15) is 5.75 Å². The van der Waals surface area contributed by atoms with E-state index in [0.717, 1.165) is 23.4 Å². The Labute approximate surface area is 183 Å². The van der Waals surface area contributed by atoms with Crippen LogP contribution < -0.4 is 14.4 Å². The molecule has 0 radical (unpaired) electrons. The lowest BCUT2D eigenvalue weighted by molar-refractivity contribution is -0.122. The quantitative estimate of drug-likeness (QED) is 0.441. The smallest absolute Gasteiger partial charge is 0.338 e. The number of unbranched alkanes of at least 4 members (excludes halogenated alkanes) is 1. The lowest BCUT2D eigenvalue weighted by Crippen LogP contribution is -2.30. The summed E-state index contributed by atoms with van der Waals surface area (Å²) in [6.45, 7) is 4.00. The van der Waals surface area contributed by atoms with Gasteiger partial charge in [-0.05, 0) is 61.9 Å². The SMILES string of the molecule is CCCCOC(=O)c1ccc(NC(=O)C(C)Oc2ccc(N(C)S(C)(=O)=O)cc2)cc1. The number of nitrogens with zero attached hydrogens (tertiary/aromatic N) is 1. The molecule has 0 saturated carbocycles. The molecule has 0 aliphatic rings. The van der Waals surface area contributed by atoms with E-state index in [0.29, 0.717) is 29.3 Å². The molecular weight excluding hydrogens is 420 g/mol. The molecule has 0 spiro atoms. The van der Waals surface area contributed by atoms with Crippen LogP contribution >= 0.6 is 0 Å². The van der Waals surface area contributed by atoms with Crippen LogP contribution in [0.1, 0.15) is 37.0 Å². The first-order chi connectivity index (χ1) is 14.6. The Morgan fingerprint density at radius 2 is 1.68 bits per heavy atom. The first-order valence-corrected chi connectivity index (χ1v) is 11.8. The van der Waals surface area contributed by atoms with Crippen LogP contribution in [0, 0.1) is 0 Å². The maximum Gasteiger partial charge on any atom is 0.338 e. The van der Waals surface area contributed by atoms with Crippen molar-refractivity contribution in [2.45, 2.75) is 32.8 Å². The number of hydrogen-bond acceptors (Lipinski definition) is 6. The Bertz CT molecular complexity index is 988. The molecule has 0 bridgehead atoms. The first kappa shape index (κ1) is 24.2. The lowest BCUT2D eigenvalue weighted by atomic mass is 10.2. The number of ether oxygens (including phenoxy) is 2. The number of anilines is 2. The van der Waals surface area contributed by atoms with Crippen molar-refractivity contribution in [1.29, 1.82) is 0 Å². The van der Waals surface area contributed by atoms with Gasteiger partial charge >= 0.3 is 5.97 Å². The van der Waals surface area contributed by atoms with Crippen molar-refractivity contribution in [2.24, 2.45) is 0 Å². The van der Waals surface area contributed by atoms with Crippen molar-refractivity contribution in [3.63, 3.8) is 0 Å². The predicted molar refractivity (Wildman–Crippen MR) is 120 cm³/mol. The first-order valence-electron chi connectivity index (χ1n) is 9.90. The van der Waals surface area contributed by atoms with Crippen LogP contribution in [0.2, 0.25) is 0 Å².